The molecule has 3 N–H and O–H groups in total. The molecule has 2 aromatic heterocycles. The zero-order valence-corrected chi connectivity index (χ0v) is 17.5. The van der Waals surface area contributed by atoms with Crippen LogP contribution in [0.3, 0.4) is 0 Å². The molecular formula is C19H18F3N5O4S. The number of nitrogens with one attached hydrogen (secondary N) is 2. The molecule has 0 saturated heterocycles. The molecule has 4 rings (SSSR count). The van der Waals surface area contributed by atoms with E-state index >= 15 is 0 Å². The quantitative estimate of drug-likeness (QED) is 0.542. The van der Waals surface area contributed by atoms with E-state index in [2.05, 4.69) is 27.2 Å². The number of halogens is 3. The third-order valence-corrected chi connectivity index (χ3v) is 5.47. The molecular weight excluding hydrogens is 451 g/mol. The Labute approximate surface area is 183 Å². The third kappa shape index (κ3) is 5.62. The number of benzene rings is 1. The van der Waals surface area contributed by atoms with Gasteiger partial charge in [-0.15, -0.1) is 11.3 Å². The summed E-state index contributed by atoms with van der Waals surface area (Å²) in [4.78, 5) is 43.6. The van der Waals surface area contributed by atoms with Crippen molar-refractivity contribution in [2.24, 2.45) is 0 Å². The fourth-order valence-electron chi connectivity index (χ4n) is 2.86. The first-order valence-electron chi connectivity index (χ1n) is 9.19. The highest BCUT2D eigenvalue weighted by Crippen LogP contribution is 2.25. The molecule has 0 fully saturated rings. The fraction of sp³-hybridized carbons (Fsp3) is 0.263. The van der Waals surface area contributed by atoms with Gasteiger partial charge in [0.25, 0.3) is 5.91 Å². The number of nitrogens with zero attached hydrogens (tertiary/aromatic N) is 3. The molecule has 32 heavy (non-hydrogen) atoms. The van der Waals surface area contributed by atoms with Crippen molar-refractivity contribution in [3.63, 3.8) is 0 Å². The van der Waals surface area contributed by atoms with Gasteiger partial charge in [-0.05, 0) is 25.2 Å². The Morgan fingerprint density at radius 1 is 1.31 bits per heavy atom. The summed E-state index contributed by atoms with van der Waals surface area (Å²) in [6, 6.07) is 7.16. The van der Waals surface area contributed by atoms with Crippen molar-refractivity contribution < 1.29 is 27.9 Å². The molecule has 170 valence electrons. The molecule has 0 unspecified atom stereocenters. The maximum absolute atomic E-state index is 12.5. The van der Waals surface area contributed by atoms with Gasteiger partial charge in [-0.3, -0.25) is 9.36 Å². The average Bonchev–Trinajstić information content (AvgIpc) is 3.33. The van der Waals surface area contributed by atoms with E-state index in [0.717, 1.165) is 30.1 Å². The van der Waals surface area contributed by atoms with Crippen molar-refractivity contribution in [3.8, 4) is 5.69 Å². The smallest absolute Gasteiger partial charge is 0.475 e. The number of carbonyl (C=O) groups is 2. The average molecular weight is 469 g/mol. The maximum Gasteiger partial charge on any atom is 0.490 e. The second-order valence-electron chi connectivity index (χ2n) is 6.82. The minimum atomic E-state index is -5.08. The normalized spacial score (nSPS) is 13.6. The van der Waals surface area contributed by atoms with Crippen molar-refractivity contribution in [1.29, 1.82) is 0 Å². The lowest BCUT2D eigenvalue weighted by Crippen LogP contribution is -2.25. The van der Waals surface area contributed by atoms with E-state index in [1.165, 1.54) is 15.9 Å². The Hall–Kier alpha value is -3.45. The number of hydrogen-bond acceptors (Lipinski definition) is 6. The summed E-state index contributed by atoms with van der Waals surface area (Å²) in [6.45, 7) is 1.80. The summed E-state index contributed by atoms with van der Waals surface area (Å²) in [6.07, 6.45) is -0.985. The molecule has 0 spiro atoms. The highest BCUT2D eigenvalue weighted by atomic mass is 32.1. The number of fused-ring (bicyclic) bond motifs is 1. The number of aliphatic carboxylic acids is 1. The number of thiazole rings is 1. The highest BCUT2D eigenvalue weighted by molar-refractivity contribution is 7.13. The second kappa shape index (κ2) is 9.36. The van der Waals surface area contributed by atoms with E-state index in [4.69, 9.17) is 9.90 Å². The molecule has 1 aliphatic rings. The van der Waals surface area contributed by atoms with Crippen LogP contribution in [-0.4, -0.2) is 56.2 Å². The van der Waals surface area contributed by atoms with Gasteiger partial charge in [0.1, 0.15) is 0 Å². The Morgan fingerprint density at radius 3 is 2.66 bits per heavy atom. The number of anilines is 1. The van der Waals surface area contributed by atoms with Crippen LogP contribution in [-0.2, 0) is 17.8 Å². The van der Waals surface area contributed by atoms with Crippen molar-refractivity contribution in [1.82, 2.24) is 19.4 Å². The van der Waals surface area contributed by atoms with Gasteiger partial charge >= 0.3 is 17.8 Å². The number of carboxylic acids is 1. The van der Waals surface area contributed by atoms with Gasteiger partial charge in [0.15, 0.2) is 5.01 Å². The predicted molar refractivity (Wildman–Crippen MR) is 110 cm³/mol. The molecule has 3 aromatic rings. The van der Waals surface area contributed by atoms with Crippen LogP contribution in [0.4, 0.5) is 18.9 Å². The lowest BCUT2D eigenvalue weighted by molar-refractivity contribution is -0.192. The van der Waals surface area contributed by atoms with Crippen LogP contribution in [0.25, 0.3) is 5.69 Å². The van der Waals surface area contributed by atoms with Crippen molar-refractivity contribution in [3.05, 3.63) is 62.7 Å². The van der Waals surface area contributed by atoms with Gasteiger partial charge < -0.3 is 20.3 Å². The van der Waals surface area contributed by atoms with E-state index < -0.39 is 12.1 Å². The van der Waals surface area contributed by atoms with Crippen LogP contribution in [0.15, 0.2) is 41.5 Å². The first kappa shape index (κ1) is 23.2. The fourth-order valence-corrected chi connectivity index (χ4v) is 3.95. The predicted octanol–water partition coefficient (Wildman–Crippen LogP) is 2.50. The van der Waals surface area contributed by atoms with Gasteiger partial charge in [0.05, 0.1) is 11.4 Å². The molecule has 0 atom stereocenters. The van der Waals surface area contributed by atoms with Crippen LogP contribution in [0.5, 0.6) is 0 Å². The van der Waals surface area contributed by atoms with Gasteiger partial charge in [-0.2, -0.15) is 13.2 Å². The number of hydrogen-bond donors (Lipinski definition) is 3. The highest BCUT2D eigenvalue weighted by Gasteiger charge is 2.38. The SMILES string of the molecule is CN1CCc2nc(C(=O)Nc3cccc(-n4cc[nH]c4=O)c3)sc2C1.O=C(O)C(F)(F)F. The van der Waals surface area contributed by atoms with Crippen LogP contribution in [0.1, 0.15) is 20.4 Å². The molecule has 3 heterocycles. The summed E-state index contributed by atoms with van der Waals surface area (Å²) in [5.74, 6) is -2.98. The molecule has 0 radical (unpaired) electrons. The topological polar surface area (TPSA) is 120 Å². The number of imidazole rings is 1. The Morgan fingerprint density at radius 2 is 2.03 bits per heavy atom. The lowest BCUT2D eigenvalue weighted by atomic mass is 10.2. The van der Waals surface area contributed by atoms with Gasteiger partial charge in [0, 0.05) is 42.5 Å². The Kier molecular flexibility index (Phi) is 6.79. The molecule has 0 aliphatic carbocycles. The van der Waals surface area contributed by atoms with E-state index in [-0.39, 0.29) is 11.6 Å². The summed E-state index contributed by atoms with van der Waals surface area (Å²) in [5, 5.41) is 10.5. The van der Waals surface area contributed by atoms with Crippen LogP contribution in [0, 0.1) is 0 Å². The number of rotatable bonds is 3. The van der Waals surface area contributed by atoms with Crippen LogP contribution in [0.2, 0.25) is 0 Å². The number of aromatic nitrogens is 3. The summed E-state index contributed by atoms with van der Waals surface area (Å²) in [7, 11) is 2.07. The zero-order chi connectivity index (χ0) is 23.5. The largest absolute Gasteiger partial charge is 0.490 e. The number of carbonyl (C=O) groups excluding carboxylic acids is 1. The monoisotopic (exact) mass is 469 g/mol. The number of likely N-dealkylation sites (N-methyl/N-ethyl adjacent to an activating group) is 1. The van der Waals surface area contributed by atoms with E-state index in [1.807, 2.05) is 6.07 Å². The Balaban J connectivity index is 0.000000360. The number of H-pyrrole nitrogens is 1. The molecule has 1 aromatic carbocycles. The molecule has 9 nitrogen and oxygen atoms in total. The number of amides is 1. The first-order valence-corrected chi connectivity index (χ1v) is 10.0. The molecule has 1 amide bonds. The molecule has 0 bridgehead atoms. The lowest BCUT2D eigenvalue weighted by Gasteiger charge is -2.20. The number of alkyl halides is 3. The van der Waals surface area contributed by atoms with E-state index in [1.54, 1.807) is 30.6 Å². The molecule has 1 aliphatic heterocycles. The second-order valence-corrected chi connectivity index (χ2v) is 7.90. The standard InChI is InChI=1S/C17H17N5O2S.C2HF3O2/c1-21-7-5-13-14(10-21)25-16(20-13)15(23)19-11-3-2-4-12(9-11)22-8-6-18-17(22)24;3-2(4,5)1(6)7/h2-4,6,8-9H,5,7,10H2,1H3,(H,18,24)(H,19,23);(H,6,7). The molecule has 13 heteroatoms. The van der Waals surface area contributed by atoms with Gasteiger partial charge in [0.2, 0.25) is 0 Å². The minimum Gasteiger partial charge on any atom is -0.475 e. The van der Waals surface area contributed by atoms with E-state index in [0.29, 0.717) is 16.4 Å². The Bertz CT molecular complexity index is 1180. The van der Waals surface area contributed by atoms with E-state index in [9.17, 15) is 22.8 Å². The summed E-state index contributed by atoms with van der Waals surface area (Å²) >= 11 is 1.45. The number of carboxylic acid groups (broad SMARTS) is 1. The number of aromatic amines is 1. The summed E-state index contributed by atoms with van der Waals surface area (Å²) < 4.78 is 33.2. The maximum atomic E-state index is 12.5. The minimum absolute atomic E-state index is 0.222. The van der Waals surface area contributed by atoms with Crippen molar-refractivity contribution in [2.45, 2.75) is 19.1 Å². The first-order chi connectivity index (χ1) is 15.0. The third-order valence-electron chi connectivity index (χ3n) is 4.39. The van der Waals surface area contributed by atoms with Gasteiger partial charge in [-0.1, -0.05) is 6.07 Å². The molecule has 0 saturated carbocycles. The summed E-state index contributed by atoms with van der Waals surface area (Å²) in [5.41, 5.74) is 2.12. The van der Waals surface area contributed by atoms with Crippen molar-refractivity contribution in [2.75, 3.05) is 18.9 Å². The van der Waals surface area contributed by atoms with Crippen LogP contribution < -0.4 is 11.0 Å². The van der Waals surface area contributed by atoms with Crippen LogP contribution >= 0.6 is 11.3 Å². The van der Waals surface area contributed by atoms with Gasteiger partial charge in [-0.25, -0.2) is 14.6 Å². The zero-order valence-electron chi connectivity index (χ0n) is 16.6. The van der Waals surface area contributed by atoms with Crippen molar-refractivity contribution >= 4 is 28.9 Å².